The van der Waals surface area contributed by atoms with Gasteiger partial charge in [-0.15, -0.1) is 0 Å². The van der Waals surface area contributed by atoms with Gasteiger partial charge in [-0.05, 0) is 44.2 Å². The molecule has 0 bridgehead atoms. The van der Waals surface area contributed by atoms with Crippen molar-refractivity contribution >= 4 is 11.6 Å². The van der Waals surface area contributed by atoms with Gasteiger partial charge in [-0.2, -0.15) is 13.2 Å². The minimum absolute atomic E-state index is 0.322. The van der Waals surface area contributed by atoms with E-state index < -0.39 is 34.7 Å². The van der Waals surface area contributed by atoms with Crippen LogP contribution in [0.1, 0.15) is 35.7 Å². The van der Waals surface area contributed by atoms with Gasteiger partial charge < -0.3 is 5.32 Å². The molecule has 0 aliphatic heterocycles. The lowest BCUT2D eigenvalue weighted by Gasteiger charge is -2.33. The fourth-order valence-electron chi connectivity index (χ4n) is 2.71. The molecule has 1 unspecified atom stereocenters. The number of pyridine rings is 1. The number of hydrogen-bond acceptors (Lipinski definition) is 3. The minimum atomic E-state index is -4.60. The Morgan fingerprint density at radius 1 is 1.33 bits per heavy atom. The lowest BCUT2D eigenvalue weighted by Crippen LogP contribution is -2.58. The van der Waals surface area contributed by atoms with Crippen LogP contribution >= 0.6 is 0 Å². The SMILES string of the molecule is Cc1ccc2ncc(C(=O)NC(C)(C3CC3)C(F)(F)F)c(=O)n2c1. The third-order valence-electron chi connectivity index (χ3n) is 4.45. The zero-order valence-corrected chi connectivity index (χ0v) is 13.1. The van der Waals surface area contributed by atoms with Gasteiger partial charge in [-0.1, -0.05) is 6.07 Å². The summed E-state index contributed by atoms with van der Waals surface area (Å²) in [5, 5.41) is 2.01. The molecule has 1 fully saturated rings. The first-order valence-corrected chi connectivity index (χ1v) is 7.51. The van der Waals surface area contributed by atoms with Crippen LogP contribution in [0, 0.1) is 12.8 Å². The number of aromatic nitrogens is 2. The van der Waals surface area contributed by atoms with Crippen LogP contribution in [0.2, 0.25) is 0 Å². The minimum Gasteiger partial charge on any atom is -0.338 e. The molecule has 2 aromatic heterocycles. The van der Waals surface area contributed by atoms with Crippen molar-refractivity contribution < 1.29 is 18.0 Å². The van der Waals surface area contributed by atoms with Crippen molar-refractivity contribution in [2.24, 2.45) is 5.92 Å². The molecule has 1 atom stereocenters. The molecule has 3 rings (SSSR count). The van der Waals surface area contributed by atoms with E-state index in [4.69, 9.17) is 0 Å². The van der Waals surface area contributed by atoms with Crippen molar-refractivity contribution in [2.45, 2.75) is 38.4 Å². The predicted molar refractivity (Wildman–Crippen MR) is 80.8 cm³/mol. The molecular formula is C16H16F3N3O2. The highest BCUT2D eigenvalue weighted by molar-refractivity contribution is 5.94. The molecule has 24 heavy (non-hydrogen) atoms. The van der Waals surface area contributed by atoms with E-state index in [0.717, 1.165) is 23.1 Å². The molecule has 0 saturated heterocycles. The first-order valence-electron chi connectivity index (χ1n) is 7.51. The number of hydrogen-bond donors (Lipinski definition) is 1. The van der Waals surface area contributed by atoms with Crippen molar-refractivity contribution in [3.8, 4) is 0 Å². The van der Waals surface area contributed by atoms with Gasteiger partial charge in [0.05, 0.1) is 0 Å². The number of nitrogens with zero attached hydrogens (tertiary/aromatic N) is 2. The summed E-state index contributed by atoms with van der Waals surface area (Å²) in [7, 11) is 0. The molecule has 128 valence electrons. The average molecular weight is 339 g/mol. The van der Waals surface area contributed by atoms with Crippen molar-refractivity contribution in [1.29, 1.82) is 0 Å². The largest absolute Gasteiger partial charge is 0.411 e. The Bertz CT molecular complexity index is 871. The topological polar surface area (TPSA) is 63.5 Å². The Morgan fingerprint density at radius 3 is 2.58 bits per heavy atom. The number of rotatable bonds is 3. The van der Waals surface area contributed by atoms with Crippen LogP contribution in [0.4, 0.5) is 13.2 Å². The first kappa shape index (κ1) is 16.5. The summed E-state index contributed by atoms with van der Waals surface area (Å²) in [6.07, 6.45) is -1.30. The highest BCUT2D eigenvalue weighted by atomic mass is 19.4. The summed E-state index contributed by atoms with van der Waals surface area (Å²) < 4.78 is 41.3. The van der Waals surface area contributed by atoms with Crippen molar-refractivity contribution in [3.05, 3.63) is 46.0 Å². The number of carbonyl (C=O) groups excluding carboxylic acids is 1. The summed E-state index contributed by atoms with van der Waals surface area (Å²) in [5.74, 6) is -1.73. The number of alkyl halides is 3. The van der Waals surface area contributed by atoms with E-state index in [1.165, 1.54) is 6.20 Å². The average Bonchev–Trinajstić information content (AvgIpc) is 3.31. The van der Waals surface area contributed by atoms with Crippen LogP contribution < -0.4 is 10.9 Å². The number of carbonyl (C=O) groups is 1. The van der Waals surface area contributed by atoms with Crippen LogP contribution in [0.5, 0.6) is 0 Å². The second-order valence-electron chi connectivity index (χ2n) is 6.34. The van der Waals surface area contributed by atoms with E-state index in [-0.39, 0.29) is 0 Å². The lowest BCUT2D eigenvalue weighted by atomic mass is 9.94. The number of halogens is 3. The molecule has 2 heterocycles. The van der Waals surface area contributed by atoms with E-state index in [1.54, 1.807) is 19.1 Å². The molecule has 2 aromatic rings. The van der Waals surface area contributed by atoms with Crippen molar-refractivity contribution in [2.75, 3.05) is 0 Å². The molecule has 8 heteroatoms. The van der Waals surface area contributed by atoms with E-state index in [1.807, 2.05) is 5.32 Å². The Labute approximate surface area is 135 Å². The van der Waals surface area contributed by atoms with Gasteiger partial charge >= 0.3 is 6.18 Å². The number of aryl methyl sites for hydroxylation is 1. The summed E-state index contributed by atoms with van der Waals surface area (Å²) >= 11 is 0. The monoisotopic (exact) mass is 339 g/mol. The fourth-order valence-corrected chi connectivity index (χ4v) is 2.71. The standard InChI is InChI=1S/C16H16F3N3O2/c1-9-3-6-12-20-7-11(14(24)22(12)8-9)13(23)21-15(2,10-4-5-10)16(17,18)19/h3,6-8,10H,4-5H2,1-2H3,(H,21,23). The Hall–Kier alpha value is -2.38. The highest BCUT2D eigenvalue weighted by Gasteiger charge is 2.60. The van der Waals surface area contributed by atoms with E-state index >= 15 is 0 Å². The molecule has 1 aliphatic rings. The Kier molecular flexibility index (Phi) is 3.65. The molecule has 0 aromatic carbocycles. The van der Waals surface area contributed by atoms with Gasteiger partial charge in [-0.25, -0.2) is 4.98 Å². The number of nitrogens with one attached hydrogen (secondary N) is 1. The third kappa shape index (κ3) is 2.65. The normalized spacial score (nSPS) is 17.5. The second-order valence-corrected chi connectivity index (χ2v) is 6.34. The van der Waals surface area contributed by atoms with Gasteiger partial charge in [0, 0.05) is 12.4 Å². The summed E-state index contributed by atoms with van der Waals surface area (Å²) in [5.41, 5.74) is -2.36. The van der Waals surface area contributed by atoms with Gasteiger partial charge in [-0.3, -0.25) is 14.0 Å². The maximum Gasteiger partial charge on any atom is 0.411 e. The molecule has 0 spiro atoms. The molecule has 5 nitrogen and oxygen atoms in total. The van der Waals surface area contributed by atoms with Crippen LogP contribution in [-0.2, 0) is 0 Å². The molecule has 1 aliphatic carbocycles. The van der Waals surface area contributed by atoms with Crippen molar-refractivity contribution in [1.82, 2.24) is 14.7 Å². The van der Waals surface area contributed by atoms with Crippen LogP contribution in [-0.4, -0.2) is 27.0 Å². The maximum atomic E-state index is 13.4. The summed E-state index contributed by atoms with van der Waals surface area (Å²) in [6, 6.07) is 3.35. The zero-order chi connectivity index (χ0) is 17.7. The molecule has 0 radical (unpaired) electrons. The van der Waals surface area contributed by atoms with Gasteiger partial charge in [0.2, 0.25) is 0 Å². The molecule has 1 amide bonds. The van der Waals surface area contributed by atoms with Crippen molar-refractivity contribution in [3.63, 3.8) is 0 Å². The number of fused-ring (bicyclic) bond motifs is 1. The van der Waals surface area contributed by atoms with Crippen LogP contribution in [0.15, 0.2) is 29.3 Å². The molecule has 1 saturated carbocycles. The maximum absolute atomic E-state index is 13.4. The quantitative estimate of drug-likeness (QED) is 0.934. The van der Waals surface area contributed by atoms with Gasteiger partial charge in [0.15, 0.2) is 0 Å². The van der Waals surface area contributed by atoms with Crippen LogP contribution in [0.3, 0.4) is 0 Å². The zero-order valence-electron chi connectivity index (χ0n) is 13.1. The predicted octanol–water partition coefficient (Wildman–Crippen LogP) is 2.46. The third-order valence-corrected chi connectivity index (χ3v) is 4.45. The van der Waals surface area contributed by atoms with Crippen LogP contribution in [0.25, 0.3) is 5.65 Å². The molecular weight excluding hydrogens is 323 g/mol. The lowest BCUT2D eigenvalue weighted by molar-refractivity contribution is -0.194. The highest BCUT2D eigenvalue weighted by Crippen LogP contribution is 2.48. The first-order chi connectivity index (χ1) is 11.1. The molecule has 1 N–H and O–H groups in total. The van der Waals surface area contributed by atoms with E-state index in [0.29, 0.717) is 18.5 Å². The van der Waals surface area contributed by atoms with Gasteiger partial charge in [0.1, 0.15) is 16.7 Å². The van der Waals surface area contributed by atoms with Gasteiger partial charge in [0.25, 0.3) is 11.5 Å². The second kappa shape index (κ2) is 5.32. The smallest absolute Gasteiger partial charge is 0.338 e. The summed E-state index contributed by atoms with van der Waals surface area (Å²) in [6.45, 7) is 2.71. The number of amides is 1. The van der Waals surface area contributed by atoms with E-state index in [2.05, 4.69) is 4.98 Å². The van der Waals surface area contributed by atoms with E-state index in [9.17, 15) is 22.8 Å². The fraction of sp³-hybridized carbons (Fsp3) is 0.438. The Balaban J connectivity index is 2.00. The Morgan fingerprint density at radius 2 is 2.00 bits per heavy atom. The summed E-state index contributed by atoms with van der Waals surface area (Å²) in [4.78, 5) is 28.7.